The Bertz CT molecular complexity index is 1170. The van der Waals surface area contributed by atoms with Gasteiger partial charge in [0.1, 0.15) is 17.5 Å². The number of hydrogen-bond acceptors (Lipinski definition) is 6. The van der Waals surface area contributed by atoms with Crippen LogP contribution in [-0.2, 0) is 17.8 Å². The van der Waals surface area contributed by atoms with Crippen molar-refractivity contribution in [3.8, 4) is 0 Å². The van der Waals surface area contributed by atoms with Gasteiger partial charge in [-0.3, -0.25) is 4.79 Å². The van der Waals surface area contributed by atoms with Crippen LogP contribution in [0.1, 0.15) is 23.4 Å². The Labute approximate surface area is 172 Å². The van der Waals surface area contributed by atoms with Crippen LogP contribution >= 0.6 is 0 Å². The highest BCUT2D eigenvalue weighted by atomic mass is 19.1. The molecule has 0 aliphatic carbocycles. The minimum Gasteiger partial charge on any atom is -0.365 e. The number of rotatable bonds is 7. The Morgan fingerprint density at radius 3 is 2.73 bits per heavy atom. The molecule has 4 rings (SSSR count). The van der Waals surface area contributed by atoms with E-state index in [4.69, 9.17) is 0 Å². The van der Waals surface area contributed by atoms with E-state index in [1.54, 1.807) is 35.0 Å². The molecule has 1 amide bonds. The molecule has 8 nitrogen and oxygen atoms in total. The van der Waals surface area contributed by atoms with Gasteiger partial charge >= 0.3 is 0 Å². The van der Waals surface area contributed by atoms with Crippen molar-refractivity contribution in [2.24, 2.45) is 0 Å². The second kappa shape index (κ2) is 8.64. The SMILES string of the molecule is Cc1cccnc1NC(=O)CCc1nnc2ccc(NCc3ccc(F)cc3)nn12. The van der Waals surface area contributed by atoms with Crippen LogP contribution in [-0.4, -0.2) is 30.7 Å². The molecule has 4 aromatic rings. The number of aryl methyl sites for hydroxylation is 2. The molecule has 1 aromatic carbocycles. The highest BCUT2D eigenvalue weighted by Gasteiger charge is 2.11. The van der Waals surface area contributed by atoms with Crippen molar-refractivity contribution in [3.05, 3.63) is 77.5 Å². The van der Waals surface area contributed by atoms with Crippen molar-refractivity contribution in [2.45, 2.75) is 26.3 Å². The number of fused-ring (bicyclic) bond motifs is 1. The molecule has 3 heterocycles. The van der Waals surface area contributed by atoms with E-state index in [1.165, 1.54) is 12.1 Å². The monoisotopic (exact) mass is 405 g/mol. The number of aromatic nitrogens is 5. The van der Waals surface area contributed by atoms with Crippen molar-refractivity contribution >= 4 is 23.2 Å². The first-order chi connectivity index (χ1) is 14.6. The van der Waals surface area contributed by atoms with E-state index in [9.17, 15) is 9.18 Å². The topological polar surface area (TPSA) is 97.1 Å². The minimum absolute atomic E-state index is 0.154. The van der Waals surface area contributed by atoms with Gasteiger partial charge in [0.15, 0.2) is 11.5 Å². The van der Waals surface area contributed by atoms with E-state index < -0.39 is 0 Å². The van der Waals surface area contributed by atoms with Gasteiger partial charge in [-0.25, -0.2) is 9.37 Å². The van der Waals surface area contributed by atoms with E-state index in [-0.39, 0.29) is 18.1 Å². The standard InChI is InChI=1S/C21H20FN7O/c1-14-3-2-12-23-21(14)25-20(30)11-10-19-27-26-18-9-8-17(28-29(18)19)24-13-15-4-6-16(22)7-5-15/h2-9,12H,10-11,13H2,1H3,(H,24,28)(H,23,25,30). The summed E-state index contributed by atoms with van der Waals surface area (Å²) >= 11 is 0. The summed E-state index contributed by atoms with van der Waals surface area (Å²) in [6, 6.07) is 13.6. The fourth-order valence-corrected chi connectivity index (χ4v) is 2.91. The van der Waals surface area contributed by atoms with Crippen LogP contribution in [0.4, 0.5) is 16.0 Å². The number of nitrogens with one attached hydrogen (secondary N) is 2. The van der Waals surface area contributed by atoms with Gasteiger partial charge in [0.2, 0.25) is 5.91 Å². The third kappa shape index (κ3) is 4.57. The molecule has 0 saturated heterocycles. The van der Waals surface area contributed by atoms with Gasteiger partial charge in [-0.15, -0.1) is 15.3 Å². The van der Waals surface area contributed by atoms with Gasteiger partial charge < -0.3 is 10.6 Å². The summed E-state index contributed by atoms with van der Waals surface area (Å²) in [7, 11) is 0. The third-order valence-electron chi connectivity index (χ3n) is 4.56. The molecule has 152 valence electrons. The van der Waals surface area contributed by atoms with Crippen molar-refractivity contribution in [3.63, 3.8) is 0 Å². The van der Waals surface area contributed by atoms with Crippen LogP contribution in [0, 0.1) is 12.7 Å². The zero-order valence-electron chi connectivity index (χ0n) is 16.3. The lowest BCUT2D eigenvalue weighted by Crippen LogP contribution is -2.15. The summed E-state index contributed by atoms with van der Waals surface area (Å²) in [5, 5.41) is 18.8. The molecular weight excluding hydrogens is 385 g/mol. The fraction of sp³-hybridized carbons (Fsp3) is 0.190. The van der Waals surface area contributed by atoms with Gasteiger partial charge in [0.25, 0.3) is 0 Å². The van der Waals surface area contributed by atoms with Crippen molar-refractivity contribution in [2.75, 3.05) is 10.6 Å². The Morgan fingerprint density at radius 1 is 1.10 bits per heavy atom. The number of benzene rings is 1. The average molecular weight is 405 g/mol. The smallest absolute Gasteiger partial charge is 0.225 e. The van der Waals surface area contributed by atoms with Crippen molar-refractivity contribution < 1.29 is 9.18 Å². The van der Waals surface area contributed by atoms with E-state index in [0.717, 1.165) is 11.1 Å². The highest BCUT2D eigenvalue weighted by Crippen LogP contribution is 2.12. The number of hydrogen-bond donors (Lipinski definition) is 2. The lowest BCUT2D eigenvalue weighted by molar-refractivity contribution is -0.116. The molecular formula is C21H20FN7O. The van der Waals surface area contributed by atoms with Gasteiger partial charge in [0, 0.05) is 25.6 Å². The highest BCUT2D eigenvalue weighted by molar-refractivity contribution is 5.90. The number of halogens is 1. The molecule has 0 fully saturated rings. The van der Waals surface area contributed by atoms with Crippen molar-refractivity contribution in [1.29, 1.82) is 0 Å². The van der Waals surface area contributed by atoms with E-state index in [0.29, 0.717) is 36.1 Å². The fourth-order valence-electron chi connectivity index (χ4n) is 2.91. The number of carbonyl (C=O) groups excluding carboxylic acids is 1. The second-order valence-electron chi connectivity index (χ2n) is 6.80. The normalized spacial score (nSPS) is 10.9. The number of pyridine rings is 1. The maximum Gasteiger partial charge on any atom is 0.225 e. The van der Waals surface area contributed by atoms with Gasteiger partial charge in [-0.05, 0) is 48.4 Å². The number of carbonyl (C=O) groups is 1. The van der Waals surface area contributed by atoms with E-state index in [1.807, 2.05) is 19.1 Å². The van der Waals surface area contributed by atoms with Crippen LogP contribution < -0.4 is 10.6 Å². The predicted molar refractivity (Wildman–Crippen MR) is 110 cm³/mol. The van der Waals surface area contributed by atoms with Crippen LogP contribution in [0.5, 0.6) is 0 Å². The maximum atomic E-state index is 13.0. The lowest BCUT2D eigenvalue weighted by Gasteiger charge is -2.07. The molecule has 0 aliphatic heterocycles. The molecule has 0 bridgehead atoms. The predicted octanol–water partition coefficient (Wildman–Crippen LogP) is 3.15. The van der Waals surface area contributed by atoms with Crippen LogP contribution in [0.15, 0.2) is 54.7 Å². The van der Waals surface area contributed by atoms with Gasteiger partial charge in [-0.1, -0.05) is 18.2 Å². The summed E-state index contributed by atoms with van der Waals surface area (Å²) < 4.78 is 14.6. The maximum absolute atomic E-state index is 13.0. The summed E-state index contributed by atoms with van der Waals surface area (Å²) in [5.74, 6) is 1.34. The Hall–Kier alpha value is -3.88. The molecule has 0 atom stereocenters. The van der Waals surface area contributed by atoms with Gasteiger partial charge in [-0.2, -0.15) is 4.52 Å². The van der Waals surface area contributed by atoms with E-state index in [2.05, 4.69) is 30.9 Å². The van der Waals surface area contributed by atoms with Crippen LogP contribution in [0.2, 0.25) is 0 Å². The quantitative estimate of drug-likeness (QED) is 0.490. The molecule has 3 aromatic heterocycles. The van der Waals surface area contributed by atoms with E-state index >= 15 is 0 Å². The Kier molecular flexibility index (Phi) is 5.60. The molecule has 2 N–H and O–H groups in total. The summed E-state index contributed by atoms with van der Waals surface area (Å²) in [5.41, 5.74) is 2.43. The molecule has 0 unspecified atom stereocenters. The summed E-state index contributed by atoms with van der Waals surface area (Å²) in [6.45, 7) is 2.39. The Morgan fingerprint density at radius 2 is 1.93 bits per heavy atom. The first-order valence-corrected chi connectivity index (χ1v) is 9.49. The summed E-state index contributed by atoms with van der Waals surface area (Å²) in [4.78, 5) is 16.4. The number of nitrogens with zero attached hydrogens (tertiary/aromatic N) is 5. The first-order valence-electron chi connectivity index (χ1n) is 9.49. The minimum atomic E-state index is -0.269. The second-order valence-corrected chi connectivity index (χ2v) is 6.80. The lowest BCUT2D eigenvalue weighted by atomic mass is 10.2. The average Bonchev–Trinajstić information content (AvgIpc) is 3.16. The molecule has 0 saturated carbocycles. The van der Waals surface area contributed by atoms with Crippen LogP contribution in [0.25, 0.3) is 5.65 Å². The first kappa shape index (κ1) is 19.4. The molecule has 9 heteroatoms. The van der Waals surface area contributed by atoms with Crippen molar-refractivity contribution in [1.82, 2.24) is 24.8 Å². The number of anilines is 2. The third-order valence-corrected chi connectivity index (χ3v) is 4.56. The zero-order valence-corrected chi connectivity index (χ0v) is 16.3. The molecule has 0 spiro atoms. The molecule has 0 aliphatic rings. The molecule has 0 radical (unpaired) electrons. The summed E-state index contributed by atoms with van der Waals surface area (Å²) in [6.07, 6.45) is 2.25. The zero-order chi connectivity index (χ0) is 20.9. The molecule has 30 heavy (non-hydrogen) atoms. The number of amides is 1. The Balaban J connectivity index is 1.40. The van der Waals surface area contributed by atoms with Gasteiger partial charge in [0.05, 0.1) is 0 Å². The largest absolute Gasteiger partial charge is 0.365 e. The van der Waals surface area contributed by atoms with Crippen LogP contribution in [0.3, 0.4) is 0 Å².